The molecule has 27 heavy (non-hydrogen) atoms. The third kappa shape index (κ3) is 6.56. The van der Waals surface area contributed by atoms with Crippen LogP contribution in [0.3, 0.4) is 0 Å². The molecule has 0 saturated carbocycles. The summed E-state index contributed by atoms with van der Waals surface area (Å²) in [6.07, 6.45) is 3.91. The van der Waals surface area contributed by atoms with Gasteiger partial charge < -0.3 is 9.16 Å². The van der Waals surface area contributed by atoms with Crippen LogP contribution in [-0.4, -0.2) is 20.9 Å². The molecule has 2 aromatic rings. The molecule has 0 saturated heterocycles. The summed E-state index contributed by atoms with van der Waals surface area (Å²) in [5.74, 6) is 5.13. The molecular weight excluding hydrogens is 352 g/mol. The maximum absolute atomic E-state index is 11.9. The lowest BCUT2D eigenvalue weighted by molar-refractivity contribution is -0.136. The van der Waals surface area contributed by atoms with Crippen LogP contribution in [0.15, 0.2) is 66.7 Å². The van der Waals surface area contributed by atoms with Crippen molar-refractivity contribution < 1.29 is 14.0 Å². The summed E-state index contributed by atoms with van der Waals surface area (Å²) in [6.45, 7) is 8.37. The number of hydrogen-bond acceptors (Lipinski definition) is 3. The summed E-state index contributed by atoms with van der Waals surface area (Å²) in [5.41, 5.74) is 0.903. The van der Waals surface area contributed by atoms with E-state index in [-0.39, 0.29) is 0 Å². The summed E-state index contributed by atoms with van der Waals surface area (Å²) in [4.78, 5) is 11.9. The molecule has 0 amide bonds. The Morgan fingerprint density at radius 3 is 2.19 bits per heavy atom. The molecule has 4 heteroatoms. The maximum Gasteiger partial charge on any atom is 0.384 e. The highest BCUT2D eigenvalue weighted by Crippen LogP contribution is 2.31. The predicted octanol–water partition coefficient (Wildman–Crippen LogP) is 5.01. The quantitative estimate of drug-likeness (QED) is 0.307. The molecule has 0 spiro atoms. The van der Waals surface area contributed by atoms with Crippen molar-refractivity contribution >= 4 is 20.4 Å². The van der Waals surface area contributed by atoms with Gasteiger partial charge in [-0.3, -0.25) is 0 Å². The van der Waals surface area contributed by atoms with Gasteiger partial charge in [0, 0.05) is 5.92 Å². The summed E-state index contributed by atoms with van der Waals surface area (Å²) in [6, 6.07) is 19.7. The lowest BCUT2D eigenvalue weighted by atomic mass is 9.93. The average Bonchev–Trinajstić information content (AvgIpc) is 2.65. The first kappa shape index (κ1) is 20.7. The second kappa shape index (κ2) is 9.36. The number of hydrogen-bond donors (Lipinski definition) is 0. The van der Waals surface area contributed by atoms with E-state index in [4.69, 9.17) is 9.16 Å². The van der Waals surface area contributed by atoms with Gasteiger partial charge in [-0.25, -0.2) is 4.79 Å². The molecule has 0 radical (unpaired) electrons. The van der Waals surface area contributed by atoms with Crippen LogP contribution in [-0.2, 0) is 19.6 Å². The van der Waals surface area contributed by atoms with Gasteiger partial charge in [0.1, 0.15) is 0 Å². The minimum atomic E-state index is -2.01. The molecule has 0 bridgehead atoms. The highest BCUT2D eigenvalue weighted by atomic mass is 28.4. The number of benzene rings is 2. The minimum absolute atomic E-state index is 0.292. The van der Waals surface area contributed by atoms with Gasteiger partial charge in [0.2, 0.25) is 0 Å². The molecule has 2 aromatic carbocycles. The number of carbonyl (C=O) groups is 1. The maximum atomic E-state index is 11.9. The standard InChI is InChI=1S/C23H26O3Si/c1-5-25-22(24)17-19-23(26-27(2,3)4,21-14-10-7-11-15-21)18-16-20-12-8-6-9-13-20/h6-16,18H,5H2,1-4H3/b18-16+. The van der Waals surface area contributed by atoms with E-state index in [9.17, 15) is 4.79 Å². The molecule has 0 aliphatic carbocycles. The lowest BCUT2D eigenvalue weighted by Gasteiger charge is -2.33. The van der Waals surface area contributed by atoms with E-state index in [1.54, 1.807) is 6.92 Å². The van der Waals surface area contributed by atoms with Gasteiger partial charge in [-0.15, -0.1) is 0 Å². The van der Waals surface area contributed by atoms with Gasteiger partial charge >= 0.3 is 5.97 Å². The summed E-state index contributed by atoms with van der Waals surface area (Å²) >= 11 is 0. The van der Waals surface area contributed by atoms with Crippen LogP contribution in [0, 0.1) is 11.8 Å². The number of rotatable bonds is 6. The average molecular weight is 379 g/mol. The topological polar surface area (TPSA) is 35.5 Å². The van der Waals surface area contributed by atoms with Crippen LogP contribution in [0.2, 0.25) is 19.6 Å². The zero-order valence-electron chi connectivity index (χ0n) is 16.4. The first-order valence-electron chi connectivity index (χ1n) is 9.04. The highest BCUT2D eigenvalue weighted by Gasteiger charge is 2.34. The second-order valence-corrected chi connectivity index (χ2v) is 11.5. The summed E-state index contributed by atoms with van der Waals surface area (Å²) in [5, 5.41) is 0. The Hall–Kier alpha value is -2.61. The predicted molar refractivity (Wildman–Crippen MR) is 112 cm³/mol. The van der Waals surface area contributed by atoms with E-state index in [0.29, 0.717) is 6.61 Å². The lowest BCUT2D eigenvalue weighted by Crippen LogP contribution is -2.38. The van der Waals surface area contributed by atoms with Crippen molar-refractivity contribution in [2.45, 2.75) is 32.2 Å². The van der Waals surface area contributed by atoms with Crippen LogP contribution in [0.4, 0.5) is 0 Å². The SMILES string of the molecule is CCOC(=O)C#CC(/C=C/c1ccccc1)(O[Si](C)(C)C)c1ccccc1. The molecular formula is C23H26O3Si. The zero-order valence-corrected chi connectivity index (χ0v) is 17.4. The Balaban J connectivity index is 2.57. The fourth-order valence-corrected chi connectivity index (χ4v) is 3.79. The monoisotopic (exact) mass is 378 g/mol. The Morgan fingerprint density at radius 2 is 1.63 bits per heavy atom. The minimum Gasteiger partial charge on any atom is -0.456 e. The van der Waals surface area contributed by atoms with Crippen molar-refractivity contribution in [2.24, 2.45) is 0 Å². The van der Waals surface area contributed by atoms with Crippen LogP contribution in [0.5, 0.6) is 0 Å². The number of carbonyl (C=O) groups excluding carboxylic acids is 1. The van der Waals surface area contributed by atoms with E-state index >= 15 is 0 Å². The van der Waals surface area contributed by atoms with Crippen LogP contribution < -0.4 is 0 Å². The van der Waals surface area contributed by atoms with E-state index in [1.807, 2.05) is 72.8 Å². The molecule has 0 aliphatic rings. The third-order valence-corrected chi connectivity index (χ3v) is 4.54. The third-order valence-electron chi connectivity index (χ3n) is 3.61. The van der Waals surface area contributed by atoms with Crippen molar-refractivity contribution in [3.05, 3.63) is 77.9 Å². The Labute approximate surface area is 163 Å². The molecule has 0 aromatic heterocycles. The molecule has 3 nitrogen and oxygen atoms in total. The van der Waals surface area contributed by atoms with Gasteiger partial charge in [-0.05, 0) is 49.7 Å². The Kier molecular flexibility index (Phi) is 7.17. The molecule has 0 heterocycles. The normalized spacial score (nSPS) is 13.5. The van der Waals surface area contributed by atoms with Gasteiger partial charge in [-0.2, -0.15) is 0 Å². The molecule has 140 valence electrons. The molecule has 0 N–H and O–H groups in total. The van der Waals surface area contributed by atoms with Crippen molar-refractivity contribution in [3.8, 4) is 11.8 Å². The fourth-order valence-electron chi connectivity index (χ4n) is 2.59. The number of ether oxygens (including phenoxy) is 1. The van der Waals surface area contributed by atoms with Crippen LogP contribution >= 0.6 is 0 Å². The van der Waals surface area contributed by atoms with E-state index < -0.39 is 19.9 Å². The van der Waals surface area contributed by atoms with Crippen molar-refractivity contribution in [2.75, 3.05) is 6.61 Å². The molecule has 0 aliphatic heterocycles. The fraction of sp³-hybridized carbons (Fsp3) is 0.261. The number of esters is 1. The smallest absolute Gasteiger partial charge is 0.384 e. The largest absolute Gasteiger partial charge is 0.456 e. The zero-order chi connectivity index (χ0) is 19.8. The van der Waals surface area contributed by atoms with Gasteiger partial charge in [-0.1, -0.05) is 66.7 Å². The van der Waals surface area contributed by atoms with E-state index in [0.717, 1.165) is 11.1 Å². The highest BCUT2D eigenvalue weighted by molar-refractivity contribution is 6.69. The molecule has 1 unspecified atom stereocenters. The summed E-state index contributed by atoms with van der Waals surface area (Å²) in [7, 11) is -2.01. The molecule has 1 atom stereocenters. The van der Waals surface area contributed by atoms with Crippen molar-refractivity contribution in [1.29, 1.82) is 0 Å². The van der Waals surface area contributed by atoms with Crippen LogP contribution in [0.1, 0.15) is 18.1 Å². The van der Waals surface area contributed by atoms with Crippen molar-refractivity contribution in [3.63, 3.8) is 0 Å². The molecule has 2 rings (SSSR count). The van der Waals surface area contributed by atoms with Gasteiger partial charge in [0.15, 0.2) is 13.9 Å². The van der Waals surface area contributed by atoms with E-state index in [2.05, 4.69) is 31.5 Å². The Bertz CT molecular complexity index is 827. The van der Waals surface area contributed by atoms with Crippen LogP contribution in [0.25, 0.3) is 6.08 Å². The first-order chi connectivity index (χ1) is 12.8. The van der Waals surface area contributed by atoms with Gasteiger partial charge in [0.25, 0.3) is 0 Å². The summed E-state index contributed by atoms with van der Waals surface area (Å²) < 4.78 is 11.5. The molecule has 0 fully saturated rings. The van der Waals surface area contributed by atoms with E-state index in [1.165, 1.54) is 0 Å². The first-order valence-corrected chi connectivity index (χ1v) is 12.5. The Morgan fingerprint density at radius 1 is 1.04 bits per heavy atom. The second-order valence-electron chi connectivity index (χ2n) is 7.03. The van der Waals surface area contributed by atoms with Gasteiger partial charge in [0.05, 0.1) is 6.61 Å². The van der Waals surface area contributed by atoms with Crippen molar-refractivity contribution in [1.82, 2.24) is 0 Å².